The molecule has 0 aliphatic heterocycles. The largest absolute Gasteiger partial charge is 0.489 e. The highest BCUT2D eigenvalue weighted by atomic mass is 127. The number of nitrogens with one attached hydrogen (secondary N) is 1. The summed E-state index contributed by atoms with van der Waals surface area (Å²) in [5.74, 6) is 0.551. The molecule has 0 bridgehead atoms. The number of benzene rings is 2. The Labute approximate surface area is 138 Å². The van der Waals surface area contributed by atoms with E-state index < -0.39 is 0 Å². The van der Waals surface area contributed by atoms with Gasteiger partial charge in [-0.1, -0.05) is 18.2 Å². The van der Waals surface area contributed by atoms with Crippen LogP contribution in [-0.2, 0) is 0 Å². The van der Waals surface area contributed by atoms with Crippen LogP contribution in [0.25, 0.3) is 0 Å². The Kier molecular flexibility index (Phi) is 5.22. The lowest BCUT2D eigenvalue weighted by atomic mass is 10.1. The molecule has 2 aromatic carbocycles. The molecule has 0 fully saturated rings. The number of halogens is 1. The molecular weight excluding hydrogens is 377 g/mol. The fourth-order valence-corrected chi connectivity index (χ4v) is 2.37. The van der Waals surface area contributed by atoms with Crippen molar-refractivity contribution in [3.63, 3.8) is 0 Å². The van der Waals surface area contributed by atoms with E-state index in [4.69, 9.17) is 4.74 Å². The Morgan fingerprint density at radius 3 is 2.57 bits per heavy atom. The SMILES string of the molecule is Cc1ccc(C(=O)Nc2ccccc2OC(C)C)cc1I. The van der Waals surface area contributed by atoms with Crippen LogP contribution >= 0.6 is 22.6 Å². The first kappa shape index (κ1) is 15.8. The molecule has 4 heteroatoms. The number of hydrogen-bond donors (Lipinski definition) is 1. The number of aryl methyl sites for hydroxylation is 1. The van der Waals surface area contributed by atoms with E-state index in [-0.39, 0.29) is 12.0 Å². The molecule has 0 saturated heterocycles. The Bertz CT molecular complexity index is 653. The van der Waals surface area contributed by atoms with Crippen molar-refractivity contribution in [3.05, 3.63) is 57.2 Å². The van der Waals surface area contributed by atoms with Crippen LogP contribution in [0.2, 0.25) is 0 Å². The lowest BCUT2D eigenvalue weighted by molar-refractivity contribution is 0.102. The summed E-state index contributed by atoms with van der Waals surface area (Å²) in [5.41, 5.74) is 2.49. The van der Waals surface area contributed by atoms with E-state index >= 15 is 0 Å². The first-order chi connectivity index (χ1) is 9.97. The van der Waals surface area contributed by atoms with Crippen LogP contribution < -0.4 is 10.1 Å². The molecule has 0 saturated carbocycles. The zero-order valence-corrected chi connectivity index (χ0v) is 14.5. The number of rotatable bonds is 4. The Morgan fingerprint density at radius 1 is 1.19 bits per heavy atom. The number of amides is 1. The summed E-state index contributed by atoms with van der Waals surface area (Å²) in [4.78, 5) is 12.3. The highest BCUT2D eigenvalue weighted by Gasteiger charge is 2.11. The number of ether oxygens (including phenoxy) is 1. The summed E-state index contributed by atoms with van der Waals surface area (Å²) in [5, 5.41) is 2.91. The van der Waals surface area contributed by atoms with Gasteiger partial charge in [-0.15, -0.1) is 0 Å². The van der Waals surface area contributed by atoms with Gasteiger partial charge in [-0.2, -0.15) is 0 Å². The van der Waals surface area contributed by atoms with Crippen LogP contribution in [0, 0.1) is 10.5 Å². The summed E-state index contributed by atoms with van der Waals surface area (Å²) in [6, 6.07) is 13.1. The molecule has 0 aliphatic carbocycles. The molecule has 0 aromatic heterocycles. The average molecular weight is 395 g/mol. The second-order valence-electron chi connectivity index (χ2n) is 5.08. The molecule has 2 aromatic rings. The minimum atomic E-state index is -0.132. The topological polar surface area (TPSA) is 38.3 Å². The van der Waals surface area contributed by atoms with Gasteiger partial charge in [0, 0.05) is 9.13 Å². The van der Waals surface area contributed by atoms with Gasteiger partial charge in [0.1, 0.15) is 5.75 Å². The van der Waals surface area contributed by atoms with Crippen molar-refractivity contribution in [1.82, 2.24) is 0 Å². The van der Waals surface area contributed by atoms with Gasteiger partial charge in [0.15, 0.2) is 0 Å². The molecule has 2 rings (SSSR count). The molecule has 0 unspecified atom stereocenters. The van der Waals surface area contributed by atoms with E-state index in [9.17, 15) is 4.79 Å². The van der Waals surface area contributed by atoms with Gasteiger partial charge in [0.25, 0.3) is 5.91 Å². The van der Waals surface area contributed by atoms with Crippen molar-refractivity contribution in [1.29, 1.82) is 0 Å². The van der Waals surface area contributed by atoms with Crippen molar-refractivity contribution < 1.29 is 9.53 Å². The summed E-state index contributed by atoms with van der Waals surface area (Å²) >= 11 is 2.23. The van der Waals surface area contributed by atoms with Gasteiger partial charge in [-0.3, -0.25) is 4.79 Å². The lowest BCUT2D eigenvalue weighted by Gasteiger charge is -2.15. The molecule has 1 amide bonds. The van der Waals surface area contributed by atoms with Crippen LogP contribution in [-0.4, -0.2) is 12.0 Å². The molecule has 110 valence electrons. The molecule has 0 radical (unpaired) electrons. The predicted octanol–water partition coefficient (Wildman–Crippen LogP) is 4.64. The molecule has 0 heterocycles. The quantitative estimate of drug-likeness (QED) is 0.767. The van der Waals surface area contributed by atoms with Crippen LogP contribution in [0.5, 0.6) is 5.75 Å². The molecule has 3 nitrogen and oxygen atoms in total. The maximum Gasteiger partial charge on any atom is 0.255 e. The Morgan fingerprint density at radius 2 is 1.90 bits per heavy atom. The van der Waals surface area contributed by atoms with Gasteiger partial charge in [-0.25, -0.2) is 0 Å². The van der Waals surface area contributed by atoms with E-state index in [2.05, 4.69) is 27.9 Å². The first-order valence-corrected chi connectivity index (χ1v) is 7.88. The van der Waals surface area contributed by atoms with Gasteiger partial charge >= 0.3 is 0 Å². The minimum Gasteiger partial charge on any atom is -0.489 e. The fourth-order valence-electron chi connectivity index (χ4n) is 1.86. The predicted molar refractivity (Wildman–Crippen MR) is 94.1 cm³/mol. The van der Waals surface area contributed by atoms with Gasteiger partial charge in [0.2, 0.25) is 0 Å². The van der Waals surface area contributed by atoms with Crippen LogP contribution in [0.15, 0.2) is 42.5 Å². The summed E-state index contributed by atoms with van der Waals surface area (Å²) in [6.45, 7) is 5.94. The third-order valence-electron chi connectivity index (χ3n) is 2.93. The molecule has 0 spiro atoms. The smallest absolute Gasteiger partial charge is 0.255 e. The molecule has 21 heavy (non-hydrogen) atoms. The van der Waals surface area contributed by atoms with Crippen molar-refractivity contribution in [2.45, 2.75) is 26.9 Å². The average Bonchev–Trinajstić information content (AvgIpc) is 2.43. The van der Waals surface area contributed by atoms with Crippen molar-refractivity contribution >= 4 is 34.2 Å². The lowest BCUT2D eigenvalue weighted by Crippen LogP contribution is -2.14. The molecule has 0 atom stereocenters. The maximum absolute atomic E-state index is 12.3. The highest BCUT2D eigenvalue weighted by Crippen LogP contribution is 2.25. The van der Waals surface area contributed by atoms with E-state index in [0.717, 1.165) is 9.13 Å². The standard InChI is InChI=1S/C17H18INO2/c1-11(2)21-16-7-5-4-6-15(16)19-17(20)13-9-8-12(3)14(18)10-13/h4-11H,1-3H3,(H,19,20). The van der Waals surface area contributed by atoms with E-state index in [1.54, 1.807) is 0 Å². The number of carbonyl (C=O) groups is 1. The van der Waals surface area contributed by atoms with Crippen molar-refractivity contribution in [2.24, 2.45) is 0 Å². The molecular formula is C17H18INO2. The van der Waals surface area contributed by atoms with Gasteiger partial charge in [-0.05, 0) is 73.2 Å². The summed E-state index contributed by atoms with van der Waals surface area (Å²) in [7, 11) is 0. The fraction of sp³-hybridized carbons (Fsp3) is 0.235. The number of anilines is 1. The monoisotopic (exact) mass is 395 g/mol. The summed E-state index contributed by atoms with van der Waals surface area (Å²) < 4.78 is 6.78. The third-order valence-corrected chi connectivity index (χ3v) is 4.09. The molecule has 0 aliphatic rings. The van der Waals surface area contributed by atoms with Gasteiger partial charge in [0.05, 0.1) is 11.8 Å². The van der Waals surface area contributed by atoms with Crippen molar-refractivity contribution in [2.75, 3.05) is 5.32 Å². The zero-order valence-electron chi connectivity index (χ0n) is 12.3. The van der Waals surface area contributed by atoms with Gasteiger partial charge < -0.3 is 10.1 Å². The minimum absolute atomic E-state index is 0.0587. The first-order valence-electron chi connectivity index (χ1n) is 6.80. The second kappa shape index (κ2) is 6.93. The normalized spacial score (nSPS) is 10.5. The Balaban J connectivity index is 2.21. The zero-order chi connectivity index (χ0) is 15.4. The van der Waals surface area contributed by atoms with E-state index in [1.165, 1.54) is 0 Å². The highest BCUT2D eigenvalue weighted by molar-refractivity contribution is 14.1. The third kappa shape index (κ3) is 4.20. The second-order valence-corrected chi connectivity index (χ2v) is 6.24. The van der Waals surface area contributed by atoms with Crippen molar-refractivity contribution in [3.8, 4) is 5.75 Å². The maximum atomic E-state index is 12.3. The van der Waals surface area contributed by atoms with E-state index in [0.29, 0.717) is 17.0 Å². The van der Waals surface area contributed by atoms with E-state index in [1.807, 2.05) is 63.2 Å². The van der Waals surface area contributed by atoms with Crippen LogP contribution in [0.1, 0.15) is 29.8 Å². The number of carbonyl (C=O) groups excluding carboxylic acids is 1. The summed E-state index contributed by atoms with van der Waals surface area (Å²) in [6.07, 6.45) is 0.0587. The molecule has 1 N–H and O–H groups in total. The van der Waals surface area contributed by atoms with Crippen LogP contribution in [0.4, 0.5) is 5.69 Å². The van der Waals surface area contributed by atoms with Crippen LogP contribution in [0.3, 0.4) is 0 Å². The Hall–Kier alpha value is -1.56. The number of hydrogen-bond acceptors (Lipinski definition) is 2. The number of para-hydroxylation sites is 2.